The molecule has 48 nitrogen and oxygen atoms in total. The third kappa shape index (κ3) is 29.6. The number of amides is 6. The minimum Gasteiger partial charge on any atom is -0.319 e. The van der Waals surface area contributed by atoms with Gasteiger partial charge in [0.1, 0.15) is 11.6 Å². The topological polar surface area (TPSA) is 704 Å². The summed E-state index contributed by atoms with van der Waals surface area (Å²) in [5, 5.41) is 54.7. The lowest BCUT2D eigenvalue weighted by molar-refractivity contribution is 0.101. The van der Waals surface area contributed by atoms with Crippen molar-refractivity contribution in [1.82, 2.24) is 88.6 Å². The highest BCUT2D eigenvalue weighted by Crippen LogP contribution is 2.42. The number of halogens is 12. The number of rotatable bonds is 18. The summed E-state index contributed by atoms with van der Waals surface area (Å²) in [6.07, 6.45) is 0. The van der Waals surface area contributed by atoms with Gasteiger partial charge in [0.25, 0.3) is 35.4 Å². The zero-order chi connectivity index (χ0) is 94.7. The molecule has 6 aromatic heterocycles. The lowest BCUT2D eigenvalue weighted by Gasteiger charge is -2.06. The van der Waals surface area contributed by atoms with Crippen molar-refractivity contribution in [3.05, 3.63) is 238 Å². The number of anilines is 6. The molecule has 12 aromatic rings. The van der Waals surface area contributed by atoms with Crippen LogP contribution >= 0.6 is 175 Å². The maximum atomic E-state index is 13.6. The van der Waals surface area contributed by atoms with Crippen molar-refractivity contribution in [2.24, 2.45) is 0 Å². The van der Waals surface area contributed by atoms with E-state index in [1.807, 2.05) is 27.7 Å². The molecule has 672 valence electrons. The normalized spacial score (nSPS) is 11.5. The Bertz CT molecular complexity index is 5550. The van der Waals surface area contributed by atoms with Crippen LogP contribution in [0.1, 0.15) is 96.3 Å². The van der Waals surface area contributed by atoms with Crippen molar-refractivity contribution in [2.45, 2.75) is 41.5 Å². The molecule has 0 aliphatic carbocycles. The summed E-state index contributed by atoms with van der Waals surface area (Å²) < 4.78 is 93.5. The van der Waals surface area contributed by atoms with Gasteiger partial charge in [-0.3, -0.25) is 28.8 Å². The third-order valence-electron chi connectivity index (χ3n) is 14.3. The predicted octanol–water partition coefficient (Wildman–Crippen LogP) is 11.8. The van der Waals surface area contributed by atoms with E-state index in [2.05, 4.69) is 141 Å². The molecule has 0 bridgehead atoms. The molecule has 0 aliphatic rings. The first-order chi connectivity index (χ1) is 58.1. The van der Waals surface area contributed by atoms with Gasteiger partial charge in [-0.05, 0) is 196 Å². The highest BCUT2D eigenvalue weighted by atomic mass is 79.9. The molecule has 0 unspecified atom stereocenters. The van der Waals surface area contributed by atoms with Crippen molar-refractivity contribution < 1.29 is 124 Å². The van der Waals surface area contributed by atoms with Crippen LogP contribution in [-0.2, 0) is 27.4 Å². The Hall–Kier alpha value is -8.79. The molecule has 6 heterocycles. The van der Waals surface area contributed by atoms with E-state index in [1.165, 1.54) is 24.3 Å². The summed E-state index contributed by atoms with van der Waals surface area (Å²) in [4.78, 5) is 179. The van der Waals surface area contributed by atoms with Crippen LogP contribution in [0, 0.1) is 53.2 Å². The molecule has 0 fully saturated rings. The molecule has 0 radical (unpaired) electrons. The van der Waals surface area contributed by atoms with Crippen molar-refractivity contribution in [3.8, 4) is 0 Å². The van der Waals surface area contributed by atoms with E-state index >= 15 is 0 Å². The number of hydrogen-bond acceptors (Lipinski definition) is 24. The first kappa shape index (κ1) is 104. The van der Waals surface area contributed by atoms with Crippen LogP contribution in [0.25, 0.3) is 0 Å². The third-order valence-corrected chi connectivity index (χ3v) is 21.8. The maximum Gasteiger partial charge on any atom is 0.466 e. The van der Waals surface area contributed by atoms with Crippen molar-refractivity contribution >= 4 is 245 Å². The molecule has 6 amide bonds. The van der Waals surface area contributed by atoms with Crippen LogP contribution in [0.5, 0.6) is 0 Å². The number of carbonyl (C=O) groups excluding carboxylic acids is 6. The van der Waals surface area contributed by atoms with Crippen LogP contribution in [0.2, 0.25) is 35.5 Å². The molecule has 0 spiro atoms. The summed E-state index contributed by atoms with van der Waals surface area (Å²) in [5.74, 6) is -6.08. The zero-order valence-electron chi connectivity index (χ0n) is 62.9. The summed E-state index contributed by atoms with van der Waals surface area (Å²) in [5.41, 5.74) is 3.85. The van der Waals surface area contributed by atoms with Gasteiger partial charge in [-0.1, -0.05) is 145 Å². The molecule has 0 atom stereocenters. The van der Waals surface area contributed by atoms with E-state index in [4.69, 9.17) is 140 Å². The van der Waals surface area contributed by atoms with Crippen LogP contribution in [-0.4, -0.2) is 183 Å². The van der Waals surface area contributed by atoms with Crippen molar-refractivity contribution in [1.29, 1.82) is 0 Å². The van der Waals surface area contributed by atoms with Gasteiger partial charge in [0.15, 0.2) is 63.4 Å². The Balaban J connectivity index is 0.000000207. The van der Waals surface area contributed by atoms with E-state index in [0.29, 0.717) is 54.0 Å². The van der Waals surface area contributed by atoms with E-state index in [9.17, 15) is 64.9 Å². The smallest absolute Gasteiger partial charge is 0.319 e. The molecular weight excluding hydrogens is 2150 g/mol. The van der Waals surface area contributed by atoms with Gasteiger partial charge in [0.05, 0.1) is 54.2 Å². The first-order valence-corrected chi connectivity index (χ1v) is 47.1. The minimum absolute atomic E-state index is 0.0236. The largest absolute Gasteiger partial charge is 0.466 e. The average molecular weight is 2210 g/mol. The summed E-state index contributed by atoms with van der Waals surface area (Å²) in [7, 11) is -28.5. The molecular formula is C60H54Br3Cl7F2N24O24P6. The second kappa shape index (κ2) is 43.1. The molecule has 66 heteroatoms. The molecule has 0 saturated heterocycles. The van der Waals surface area contributed by atoms with Crippen LogP contribution < -0.4 is 31.9 Å². The number of nitrogens with zero attached hydrogens (tertiary/aromatic N) is 18. The first-order valence-electron chi connectivity index (χ1n) is 32.7. The van der Waals surface area contributed by atoms with E-state index in [-0.39, 0.29) is 69.7 Å². The molecule has 0 saturated carbocycles. The fourth-order valence-electron chi connectivity index (χ4n) is 8.63. The van der Waals surface area contributed by atoms with Gasteiger partial charge in [-0.15, -0.1) is 61.2 Å². The molecule has 126 heavy (non-hydrogen) atoms. The summed E-state index contributed by atoms with van der Waals surface area (Å²) in [6.45, 7) is 10.7. The molecule has 18 N–H and O–H groups in total. The highest BCUT2D eigenvalue weighted by molar-refractivity contribution is 9.11. The standard InChI is InChI=1S/2C10H9BrClN4O4P.C10H9BrFN4O4P.2C10H9Cl2N4O4P.C10H9ClFN4O4P/c3*1-5-2-3-7(6(12)4-5)13-10(17)8-9(11)15-16(14-8)21(18,19)20;2*1-5-2-3-7(6(11)4-5)13-10(17)8-9(12)15-16(14-8)21(18,19)20;1-5-2-3-7(6(12)4-5)13-10(17)8-9(11)15-16(14-8)21(18,19)20/h6*2-4H,1H3,(H,13,17)(H2,18,19,20). The lowest BCUT2D eigenvalue weighted by atomic mass is 10.2. The Morgan fingerprint density at radius 2 is 0.429 bits per heavy atom. The number of carbonyl (C=O) groups is 6. The predicted molar refractivity (Wildman–Crippen MR) is 458 cm³/mol. The van der Waals surface area contributed by atoms with Gasteiger partial charge in [0, 0.05) is 0 Å². The van der Waals surface area contributed by atoms with Crippen LogP contribution in [0.4, 0.5) is 42.9 Å². The van der Waals surface area contributed by atoms with Crippen LogP contribution in [0.3, 0.4) is 0 Å². The lowest BCUT2D eigenvalue weighted by Crippen LogP contribution is -2.14. The second-order valence-corrected chi connectivity index (χ2v) is 37.6. The Kier molecular flexibility index (Phi) is 35.7. The zero-order valence-corrected chi connectivity index (χ0v) is 78.3. The Morgan fingerprint density at radius 1 is 0.270 bits per heavy atom. The molecule has 6 aromatic carbocycles. The quantitative estimate of drug-likeness (QED) is 0.0355. The number of hydrogen-bond donors (Lipinski definition) is 18. The monoisotopic (exact) mass is 2200 g/mol. The Labute approximate surface area is 762 Å². The number of benzene rings is 6. The minimum atomic E-state index is -4.81. The Morgan fingerprint density at radius 3 is 0.595 bits per heavy atom. The average Bonchev–Trinajstić information content (AvgIpc) is 1.70. The SMILES string of the molecule is Cc1ccc(NC(=O)c2nn(P(=O)(O)O)nc2Br)c(Cl)c1.Cc1ccc(NC(=O)c2nn(P(=O)(O)O)nc2Br)c(Cl)c1.Cc1ccc(NC(=O)c2nn(P(=O)(O)O)nc2Br)c(F)c1.Cc1ccc(NC(=O)c2nn(P(=O)(O)O)nc2Cl)c(Cl)c1.Cc1ccc(NC(=O)c2nn(P(=O)(O)O)nc2Cl)c(Cl)c1.Cc1ccc(NC(=O)c2nn(P(=O)(O)O)nc2Cl)c(F)c1. The maximum absolute atomic E-state index is 13.6. The van der Waals surface area contributed by atoms with Gasteiger partial charge >= 0.3 is 46.5 Å². The fraction of sp³-hybridized carbons (Fsp3) is 0.100. The van der Waals surface area contributed by atoms with E-state index in [0.717, 1.165) is 22.3 Å². The highest BCUT2D eigenvalue weighted by Gasteiger charge is 2.33. The molecule has 0 aliphatic heterocycles. The van der Waals surface area contributed by atoms with Crippen molar-refractivity contribution in [2.75, 3.05) is 31.9 Å². The number of aryl methyl sites for hydroxylation is 6. The summed E-state index contributed by atoms with van der Waals surface area (Å²) in [6, 6.07) is 28.3. The van der Waals surface area contributed by atoms with Crippen LogP contribution in [0.15, 0.2) is 123 Å². The van der Waals surface area contributed by atoms with Gasteiger partial charge in [-0.25, -0.2) is 36.2 Å². The summed E-state index contributed by atoms with van der Waals surface area (Å²) >= 11 is 49.5. The van der Waals surface area contributed by atoms with Gasteiger partial charge in [0.2, 0.25) is 0 Å². The van der Waals surface area contributed by atoms with Crippen molar-refractivity contribution in [3.63, 3.8) is 0 Å². The van der Waals surface area contributed by atoms with Gasteiger partial charge < -0.3 is 90.6 Å². The van der Waals surface area contributed by atoms with Gasteiger partial charge in [-0.2, -0.15) is 0 Å². The number of nitrogens with one attached hydrogen (secondary N) is 6. The second-order valence-electron chi connectivity index (χ2n) is 24.4. The number of aromatic nitrogens is 18. The molecule has 12 rings (SSSR count). The van der Waals surface area contributed by atoms with E-state index < -0.39 is 126 Å². The fourth-order valence-corrected chi connectivity index (χ4v) is 14.6. The van der Waals surface area contributed by atoms with E-state index in [1.54, 1.807) is 98.8 Å².